The minimum Gasteiger partial charge on any atom is -0.379 e. The molecule has 0 aromatic heterocycles. The highest BCUT2D eigenvalue weighted by Crippen LogP contribution is 2.28. The summed E-state index contributed by atoms with van der Waals surface area (Å²) < 4.78 is 10.6. The fraction of sp³-hybridized carbons (Fsp3) is 0.467. The molecule has 0 aliphatic rings. The summed E-state index contributed by atoms with van der Waals surface area (Å²) in [7, 11) is 0. The van der Waals surface area contributed by atoms with Crippen molar-refractivity contribution in [2.75, 3.05) is 26.4 Å². The van der Waals surface area contributed by atoms with Crippen molar-refractivity contribution in [1.29, 1.82) is 0 Å². The van der Waals surface area contributed by atoms with Gasteiger partial charge in [-0.1, -0.05) is 0 Å². The van der Waals surface area contributed by atoms with Gasteiger partial charge in [-0.15, -0.1) is 9.78 Å². The highest BCUT2D eigenvalue weighted by atomic mass is 17.3. The zero-order chi connectivity index (χ0) is 28.7. The highest BCUT2D eigenvalue weighted by molar-refractivity contribution is 5.94. The molecule has 2 rings (SSSR count). The van der Waals surface area contributed by atoms with Gasteiger partial charge in [0.25, 0.3) is 0 Å². The lowest BCUT2D eigenvalue weighted by Gasteiger charge is -2.19. The largest absolute Gasteiger partial charge is 0.379 e. The molecule has 0 bridgehead atoms. The predicted octanol–water partition coefficient (Wildman–Crippen LogP) is 6.00. The number of carbonyl (C=O) groups is 2. The second-order valence-corrected chi connectivity index (χ2v) is 9.45. The number of carbonyl (C=O) groups excluding carboxylic acids is 2. The maximum atomic E-state index is 13.0. The minimum atomic E-state index is -0.699. The molecule has 8 nitrogen and oxygen atoms in total. The number of hydrogen-bond acceptors (Lipinski definition) is 8. The van der Waals surface area contributed by atoms with Crippen LogP contribution >= 0.6 is 0 Å². The Morgan fingerprint density at radius 1 is 0.500 bits per heavy atom. The third kappa shape index (κ3) is 6.99. The first kappa shape index (κ1) is 31.4. The maximum absolute atomic E-state index is 13.0. The molecule has 0 amide bonds. The molecule has 0 fully saturated rings. The summed E-state index contributed by atoms with van der Waals surface area (Å²) in [6, 6.07) is 0. The number of hydrogen-bond donors (Lipinski definition) is 0. The molecule has 2 aromatic carbocycles. The molecule has 38 heavy (non-hydrogen) atoms. The average molecular weight is 529 g/mol. The molecule has 0 spiro atoms. The van der Waals surface area contributed by atoms with Gasteiger partial charge >= 0.3 is 18.2 Å². The molecule has 0 saturated carbocycles. The van der Waals surface area contributed by atoms with Gasteiger partial charge < -0.3 is 9.47 Å². The summed E-state index contributed by atoms with van der Waals surface area (Å²) in [5, 5.41) is 0. The van der Waals surface area contributed by atoms with Crippen LogP contribution < -0.4 is 0 Å². The molecule has 0 aliphatic heterocycles. The summed E-state index contributed by atoms with van der Waals surface area (Å²) in [6.45, 7) is 23.4. The first-order chi connectivity index (χ1) is 17.8. The lowest BCUT2D eigenvalue weighted by molar-refractivity contribution is -0.368. The van der Waals surface area contributed by atoms with Gasteiger partial charge in [0.15, 0.2) is 0 Å². The normalized spacial score (nSPS) is 11.3. The van der Waals surface area contributed by atoms with E-state index in [4.69, 9.17) is 29.0 Å². The molecule has 208 valence electrons. The number of ether oxygens (including phenoxy) is 2. The van der Waals surface area contributed by atoms with Crippen molar-refractivity contribution in [2.45, 2.75) is 69.2 Å². The van der Waals surface area contributed by atoms with Crippen LogP contribution in [0.4, 0.5) is 0 Å². The molecule has 0 saturated heterocycles. The van der Waals surface area contributed by atoms with Gasteiger partial charge in [-0.25, -0.2) is 9.59 Å². The predicted molar refractivity (Wildman–Crippen MR) is 143 cm³/mol. The smallest absolute Gasteiger partial charge is 0.373 e. The highest BCUT2D eigenvalue weighted by Gasteiger charge is 2.27. The topological polar surface area (TPSA) is 89.5 Å². The zero-order valence-electron chi connectivity index (χ0n) is 24.3. The Kier molecular flexibility index (Phi) is 11.5. The van der Waals surface area contributed by atoms with Crippen LogP contribution in [-0.4, -0.2) is 38.4 Å². The Hall–Kier alpha value is -2.78. The van der Waals surface area contributed by atoms with E-state index in [0.717, 1.165) is 55.6 Å². The fourth-order valence-electron chi connectivity index (χ4n) is 4.30. The van der Waals surface area contributed by atoms with Crippen molar-refractivity contribution >= 4 is 11.9 Å². The van der Waals surface area contributed by atoms with Crippen LogP contribution in [0.3, 0.4) is 0 Å². The third-order valence-corrected chi connectivity index (χ3v) is 7.57. The SMILES string of the molecule is [CH2]COCCOC[C](OOC(=O)c1c(C)c(C)c(C)c(C)c1C)OOC(=O)c1c(C)c(C)c(C)c(C)c1C. The van der Waals surface area contributed by atoms with Gasteiger partial charge in [-0.3, -0.25) is 9.78 Å². The van der Waals surface area contributed by atoms with E-state index in [0.29, 0.717) is 17.7 Å². The lowest BCUT2D eigenvalue weighted by atomic mass is 9.90. The summed E-state index contributed by atoms with van der Waals surface area (Å²) >= 11 is 0. The molecule has 0 atom stereocenters. The molecule has 2 aromatic rings. The number of benzene rings is 2. The van der Waals surface area contributed by atoms with Gasteiger partial charge in [-0.2, -0.15) is 0 Å². The van der Waals surface area contributed by atoms with Crippen LogP contribution in [0.1, 0.15) is 76.4 Å². The van der Waals surface area contributed by atoms with E-state index < -0.39 is 11.9 Å². The Labute approximate surface area is 226 Å². The summed E-state index contributed by atoms with van der Waals surface area (Å²) in [6.07, 6.45) is -0.354. The summed E-state index contributed by atoms with van der Waals surface area (Å²) in [5.41, 5.74) is 10.2. The van der Waals surface area contributed by atoms with Crippen LogP contribution in [-0.2, 0) is 29.0 Å². The van der Waals surface area contributed by atoms with E-state index in [9.17, 15) is 9.59 Å². The van der Waals surface area contributed by atoms with Gasteiger partial charge in [-0.05, 0) is 132 Å². The van der Waals surface area contributed by atoms with Crippen molar-refractivity contribution in [1.82, 2.24) is 0 Å². The van der Waals surface area contributed by atoms with E-state index in [1.165, 1.54) is 0 Å². The first-order valence-electron chi connectivity index (χ1n) is 12.6. The van der Waals surface area contributed by atoms with Crippen molar-refractivity contribution in [3.8, 4) is 0 Å². The molecule has 2 radical (unpaired) electrons. The van der Waals surface area contributed by atoms with E-state index in [1.807, 2.05) is 69.2 Å². The van der Waals surface area contributed by atoms with E-state index >= 15 is 0 Å². The maximum Gasteiger partial charge on any atom is 0.373 e. The van der Waals surface area contributed by atoms with E-state index in [1.54, 1.807) is 0 Å². The van der Waals surface area contributed by atoms with E-state index in [-0.39, 0.29) is 26.1 Å². The molecule has 0 N–H and O–H groups in total. The fourth-order valence-corrected chi connectivity index (χ4v) is 4.30. The Balaban J connectivity index is 2.18. The Bertz CT molecular complexity index is 1040. The second-order valence-electron chi connectivity index (χ2n) is 9.45. The van der Waals surface area contributed by atoms with Crippen LogP contribution in [0.2, 0.25) is 0 Å². The number of rotatable bonds is 12. The quantitative estimate of drug-likeness (QED) is 0.188. The Morgan fingerprint density at radius 2 is 0.816 bits per heavy atom. The van der Waals surface area contributed by atoms with Gasteiger partial charge in [0.05, 0.1) is 24.3 Å². The average Bonchev–Trinajstić information content (AvgIpc) is 2.89. The third-order valence-electron chi connectivity index (χ3n) is 7.57. The van der Waals surface area contributed by atoms with E-state index in [2.05, 4.69) is 6.92 Å². The van der Waals surface area contributed by atoms with Crippen LogP contribution in [0.15, 0.2) is 0 Å². The van der Waals surface area contributed by atoms with Crippen molar-refractivity contribution < 1.29 is 38.6 Å². The van der Waals surface area contributed by atoms with Gasteiger partial charge in [0.1, 0.15) is 6.61 Å². The summed E-state index contributed by atoms with van der Waals surface area (Å²) in [5.74, 6) is -1.40. The minimum absolute atomic E-state index is 0.191. The second kappa shape index (κ2) is 13.8. The molecule has 8 heteroatoms. The van der Waals surface area contributed by atoms with Gasteiger partial charge in [0.2, 0.25) is 0 Å². The molecule has 0 aliphatic carbocycles. The molecular formula is C30H40O8. The molecule has 0 heterocycles. The van der Waals surface area contributed by atoms with Crippen LogP contribution in [0.25, 0.3) is 0 Å². The summed E-state index contributed by atoms with van der Waals surface area (Å²) in [4.78, 5) is 46.6. The molecular weight excluding hydrogens is 488 g/mol. The van der Waals surface area contributed by atoms with Gasteiger partial charge in [0, 0.05) is 6.61 Å². The zero-order valence-corrected chi connectivity index (χ0v) is 24.3. The lowest BCUT2D eigenvalue weighted by Crippen LogP contribution is -2.22. The Morgan fingerprint density at radius 3 is 1.16 bits per heavy atom. The van der Waals surface area contributed by atoms with Crippen LogP contribution in [0.5, 0.6) is 0 Å². The molecule has 0 unspecified atom stereocenters. The monoisotopic (exact) mass is 528 g/mol. The first-order valence-corrected chi connectivity index (χ1v) is 12.6. The van der Waals surface area contributed by atoms with Crippen molar-refractivity contribution in [3.63, 3.8) is 0 Å². The standard InChI is InChI=1S/C30H40O8/c1-12-33-13-14-34-15-26(35-37-29(31)27-22(8)18(4)16(2)19(5)23(27)9)36-38-30(32)28-24(10)20(6)17(3)21(7)25(28)11/h1,12-15H2,2-11H3. The van der Waals surface area contributed by atoms with Crippen molar-refractivity contribution in [2.24, 2.45) is 0 Å². The van der Waals surface area contributed by atoms with Crippen LogP contribution in [0, 0.1) is 82.5 Å². The van der Waals surface area contributed by atoms with Crippen molar-refractivity contribution in [3.05, 3.63) is 80.0 Å².